The molecule has 0 radical (unpaired) electrons. The predicted octanol–water partition coefficient (Wildman–Crippen LogP) is 3.45. The van der Waals surface area contributed by atoms with Crippen molar-refractivity contribution in [2.24, 2.45) is 0 Å². The highest BCUT2D eigenvalue weighted by Crippen LogP contribution is 2.32. The van der Waals surface area contributed by atoms with Crippen LogP contribution in [-0.4, -0.2) is 21.6 Å². The minimum Gasteiger partial charge on any atom is -0.468 e. The van der Waals surface area contributed by atoms with E-state index in [2.05, 4.69) is 23.8 Å². The number of hydrogen-bond acceptors (Lipinski definition) is 3. The first kappa shape index (κ1) is 12.2. The Morgan fingerprint density at radius 3 is 2.71 bits per heavy atom. The normalized spacial score (nSPS) is 11.4. The molecule has 0 N–H and O–H groups in total. The Balaban J connectivity index is 2.72. The lowest BCUT2D eigenvalue weighted by molar-refractivity contribution is 0.333. The SMILES string of the molecule is CCC(CC)n1c(OC)nc2nccc(Cl)c21. The Hall–Kier alpha value is -1.29. The van der Waals surface area contributed by atoms with Crippen molar-refractivity contribution in [2.75, 3.05) is 7.11 Å². The van der Waals surface area contributed by atoms with Crippen LogP contribution in [0.5, 0.6) is 6.01 Å². The standard InChI is InChI=1S/C12H16ClN3O/c1-4-8(5-2)16-10-9(13)6-7-14-11(10)15-12(16)17-3/h6-8H,4-5H2,1-3H3. The number of aromatic nitrogens is 3. The van der Waals surface area contributed by atoms with Crippen LogP contribution < -0.4 is 4.74 Å². The lowest BCUT2D eigenvalue weighted by Crippen LogP contribution is -2.09. The van der Waals surface area contributed by atoms with E-state index in [-0.39, 0.29) is 0 Å². The molecular weight excluding hydrogens is 238 g/mol. The number of imidazole rings is 1. The van der Waals surface area contributed by atoms with E-state index in [0.717, 1.165) is 18.4 Å². The average molecular weight is 254 g/mol. The summed E-state index contributed by atoms with van der Waals surface area (Å²) in [5.41, 5.74) is 1.50. The summed E-state index contributed by atoms with van der Waals surface area (Å²) < 4.78 is 7.37. The van der Waals surface area contributed by atoms with E-state index in [0.29, 0.717) is 22.7 Å². The number of hydrogen-bond donors (Lipinski definition) is 0. The molecule has 4 nitrogen and oxygen atoms in total. The second-order valence-corrected chi connectivity index (χ2v) is 4.31. The van der Waals surface area contributed by atoms with Crippen LogP contribution in [0.3, 0.4) is 0 Å². The van der Waals surface area contributed by atoms with Crippen LogP contribution in [0.15, 0.2) is 12.3 Å². The van der Waals surface area contributed by atoms with Crippen molar-refractivity contribution in [2.45, 2.75) is 32.7 Å². The molecule has 0 unspecified atom stereocenters. The molecule has 0 amide bonds. The third kappa shape index (κ3) is 1.97. The average Bonchev–Trinajstić information content (AvgIpc) is 2.71. The topological polar surface area (TPSA) is 39.9 Å². The van der Waals surface area contributed by atoms with Crippen molar-refractivity contribution < 1.29 is 4.74 Å². The first-order chi connectivity index (χ1) is 8.22. The first-order valence-electron chi connectivity index (χ1n) is 5.79. The van der Waals surface area contributed by atoms with Gasteiger partial charge in [-0.25, -0.2) is 4.98 Å². The largest absolute Gasteiger partial charge is 0.468 e. The molecule has 17 heavy (non-hydrogen) atoms. The van der Waals surface area contributed by atoms with Crippen LogP contribution in [0.4, 0.5) is 0 Å². The second kappa shape index (κ2) is 4.92. The van der Waals surface area contributed by atoms with Crippen LogP contribution in [0, 0.1) is 0 Å². The van der Waals surface area contributed by atoms with Gasteiger partial charge in [0.05, 0.1) is 12.1 Å². The van der Waals surface area contributed by atoms with Gasteiger partial charge in [-0.05, 0) is 18.9 Å². The van der Waals surface area contributed by atoms with E-state index >= 15 is 0 Å². The van der Waals surface area contributed by atoms with Crippen molar-refractivity contribution in [1.29, 1.82) is 0 Å². The number of halogens is 1. The van der Waals surface area contributed by atoms with E-state index in [9.17, 15) is 0 Å². The van der Waals surface area contributed by atoms with E-state index in [1.165, 1.54) is 0 Å². The third-order valence-corrected chi connectivity index (χ3v) is 3.30. The van der Waals surface area contributed by atoms with Gasteiger partial charge in [0.15, 0.2) is 5.65 Å². The Bertz CT molecular complexity index is 520. The van der Waals surface area contributed by atoms with E-state index in [1.54, 1.807) is 19.4 Å². The molecule has 2 aromatic heterocycles. The fourth-order valence-corrected chi connectivity index (χ4v) is 2.33. The summed E-state index contributed by atoms with van der Waals surface area (Å²) in [4.78, 5) is 8.58. The number of ether oxygens (including phenoxy) is 1. The van der Waals surface area contributed by atoms with Gasteiger partial charge in [-0.1, -0.05) is 25.4 Å². The highest BCUT2D eigenvalue weighted by molar-refractivity contribution is 6.34. The summed E-state index contributed by atoms with van der Waals surface area (Å²) in [6.07, 6.45) is 3.67. The molecule has 0 fully saturated rings. The number of fused-ring (bicyclic) bond motifs is 1. The van der Waals surface area contributed by atoms with Crippen molar-refractivity contribution in [3.05, 3.63) is 17.3 Å². The minimum absolute atomic E-state index is 0.330. The molecular formula is C12H16ClN3O. The summed E-state index contributed by atoms with van der Waals surface area (Å²) >= 11 is 6.23. The fourth-order valence-electron chi connectivity index (χ4n) is 2.10. The van der Waals surface area contributed by atoms with Gasteiger partial charge in [0.25, 0.3) is 6.01 Å². The maximum Gasteiger partial charge on any atom is 0.298 e. The molecule has 0 aliphatic carbocycles. The Labute approximate surface area is 106 Å². The van der Waals surface area contributed by atoms with Crippen LogP contribution in [0.1, 0.15) is 32.7 Å². The fraction of sp³-hybridized carbons (Fsp3) is 0.500. The van der Waals surface area contributed by atoms with Crippen molar-refractivity contribution in [1.82, 2.24) is 14.5 Å². The Morgan fingerprint density at radius 1 is 1.41 bits per heavy atom. The molecule has 0 aliphatic heterocycles. The van der Waals surface area contributed by atoms with E-state index < -0.39 is 0 Å². The van der Waals surface area contributed by atoms with Gasteiger partial charge in [0.2, 0.25) is 0 Å². The zero-order chi connectivity index (χ0) is 12.4. The second-order valence-electron chi connectivity index (χ2n) is 3.90. The van der Waals surface area contributed by atoms with Gasteiger partial charge < -0.3 is 4.74 Å². The smallest absolute Gasteiger partial charge is 0.298 e. The molecule has 2 rings (SSSR count). The number of nitrogens with zero attached hydrogens (tertiary/aromatic N) is 3. The summed E-state index contributed by atoms with van der Waals surface area (Å²) in [5.74, 6) is 0. The van der Waals surface area contributed by atoms with Gasteiger partial charge in [-0.3, -0.25) is 4.57 Å². The first-order valence-corrected chi connectivity index (χ1v) is 6.17. The quantitative estimate of drug-likeness (QED) is 0.838. The summed E-state index contributed by atoms with van der Waals surface area (Å²) in [6.45, 7) is 4.29. The molecule has 0 atom stereocenters. The van der Waals surface area contributed by atoms with Gasteiger partial charge in [0, 0.05) is 12.2 Å². The zero-order valence-corrected chi connectivity index (χ0v) is 11.0. The lowest BCUT2D eigenvalue weighted by Gasteiger charge is -2.17. The predicted molar refractivity (Wildman–Crippen MR) is 68.7 cm³/mol. The van der Waals surface area contributed by atoms with Crippen LogP contribution in [0.2, 0.25) is 5.02 Å². The zero-order valence-electron chi connectivity index (χ0n) is 10.3. The molecule has 0 saturated carbocycles. The molecule has 5 heteroatoms. The van der Waals surface area contributed by atoms with Gasteiger partial charge in [-0.2, -0.15) is 4.98 Å². The van der Waals surface area contributed by atoms with Crippen LogP contribution in [-0.2, 0) is 0 Å². The van der Waals surface area contributed by atoms with Gasteiger partial charge >= 0.3 is 0 Å². The van der Waals surface area contributed by atoms with Crippen molar-refractivity contribution >= 4 is 22.8 Å². The van der Waals surface area contributed by atoms with Crippen molar-refractivity contribution in [3.63, 3.8) is 0 Å². The highest BCUT2D eigenvalue weighted by atomic mass is 35.5. The van der Waals surface area contributed by atoms with Crippen molar-refractivity contribution in [3.8, 4) is 6.01 Å². The summed E-state index contributed by atoms with van der Waals surface area (Å²) in [7, 11) is 1.62. The maximum atomic E-state index is 6.23. The Morgan fingerprint density at radius 2 is 2.12 bits per heavy atom. The number of pyridine rings is 1. The Kier molecular flexibility index (Phi) is 3.52. The number of methoxy groups -OCH3 is 1. The molecule has 2 aromatic rings. The van der Waals surface area contributed by atoms with Crippen LogP contribution in [0.25, 0.3) is 11.2 Å². The molecule has 0 aliphatic rings. The van der Waals surface area contributed by atoms with E-state index in [4.69, 9.17) is 16.3 Å². The summed E-state index contributed by atoms with van der Waals surface area (Å²) in [5, 5.41) is 0.665. The maximum absolute atomic E-state index is 6.23. The molecule has 0 bridgehead atoms. The molecule has 0 saturated heterocycles. The number of rotatable bonds is 4. The summed E-state index contributed by atoms with van der Waals surface area (Å²) in [6, 6.07) is 2.69. The van der Waals surface area contributed by atoms with Gasteiger partial charge in [-0.15, -0.1) is 0 Å². The third-order valence-electron chi connectivity index (χ3n) is 2.99. The van der Waals surface area contributed by atoms with Gasteiger partial charge in [0.1, 0.15) is 5.52 Å². The monoisotopic (exact) mass is 253 g/mol. The molecule has 2 heterocycles. The lowest BCUT2D eigenvalue weighted by atomic mass is 10.1. The highest BCUT2D eigenvalue weighted by Gasteiger charge is 2.19. The van der Waals surface area contributed by atoms with E-state index in [1.807, 2.05) is 4.57 Å². The minimum atomic E-state index is 0.330. The molecule has 0 aromatic carbocycles. The van der Waals surface area contributed by atoms with Crippen LogP contribution >= 0.6 is 11.6 Å². The molecule has 92 valence electrons. The molecule has 0 spiro atoms.